The van der Waals surface area contributed by atoms with E-state index in [2.05, 4.69) is 62.4 Å². The lowest BCUT2D eigenvalue weighted by Gasteiger charge is -2.12. The molecule has 0 aliphatic rings. The molecule has 0 saturated carbocycles. The van der Waals surface area contributed by atoms with Gasteiger partial charge in [0.05, 0.1) is 6.54 Å². The Kier molecular flexibility index (Phi) is 6.13. The number of hydrogen-bond acceptors (Lipinski definition) is 3. The molecule has 0 amide bonds. The first-order chi connectivity index (χ1) is 14.7. The topological polar surface area (TPSA) is 67.4 Å². The Balaban J connectivity index is 1.30. The number of furan rings is 1. The standard InChI is InChI=1S/C24H27N5O/c1-18-20-10-6-7-11-21(20)30-22(18)16-28-24(25-2)27-13-12-23-26-14-15-29(23)17-19-8-4-3-5-9-19/h3-11,14-15H,12-13,16-17H2,1-2H3,(H2,25,27,28). The average Bonchev–Trinajstić information content (AvgIpc) is 3.35. The molecule has 0 unspecified atom stereocenters. The summed E-state index contributed by atoms with van der Waals surface area (Å²) in [5.41, 5.74) is 3.35. The Morgan fingerprint density at radius 3 is 2.67 bits per heavy atom. The second-order valence-electron chi connectivity index (χ2n) is 7.21. The molecule has 4 rings (SSSR count). The lowest BCUT2D eigenvalue weighted by atomic mass is 10.1. The molecule has 2 heterocycles. The summed E-state index contributed by atoms with van der Waals surface area (Å²) in [5, 5.41) is 7.86. The minimum absolute atomic E-state index is 0.586. The summed E-state index contributed by atoms with van der Waals surface area (Å²) in [6.45, 7) is 4.24. The zero-order valence-electron chi connectivity index (χ0n) is 17.4. The second kappa shape index (κ2) is 9.31. The molecule has 0 atom stereocenters. The van der Waals surface area contributed by atoms with Gasteiger partial charge in [-0.2, -0.15) is 0 Å². The Hall–Kier alpha value is -3.54. The van der Waals surface area contributed by atoms with Crippen LogP contribution in [0.4, 0.5) is 0 Å². The highest BCUT2D eigenvalue weighted by atomic mass is 16.3. The van der Waals surface area contributed by atoms with Crippen LogP contribution in [-0.2, 0) is 19.5 Å². The van der Waals surface area contributed by atoms with E-state index >= 15 is 0 Å². The van der Waals surface area contributed by atoms with Gasteiger partial charge >= 0.3 is 0 Å². The normalized spacial score (nSPS) is 11.7. The van der Waals surface area contributed by atoms with Crippen LogP contribution in [0.25, 0.3) is 11.0 Å². The molecule has 4 aromatic rings. The molecule has 2 N–H and O–H groups in total. The van der Waals surface area contributed by atoms with Gasteiger partial charge in [-0.25, -0.2) is 4.98 Å². The van der Waals surface area contributed by atoms with Crippen molar-refractivity contribution in [1.82, 2.24) is 20.2 Å². The number of guanidine groups is 1. The SMILES string of the molecule is CN=C(NCCc1nccn1Cc1ccccc1)NCc1oc2ccccc2c1C. The van der Waals surface area contributed by atoms with Gasteiger partial charge in [0.2, 0.25) is 0 Å². The third-order valence-corrected chi connectivity index (χ3v) is 5.22. The highest BCUT2D eigenvalue weighted by Crippen LogP contribution is 2.24. The summed E-state index contributed by atoms with van der Waals surface area (Å²) in [6.07, 6.45) is 4.69. The lowest BCUT2D eigenvalue weighted by molar-refractivity contribution is 0.534. The van der Waals surface area contributed by atoms with Crippen molar-refractivity contribution in [3.63, 3.8) is 0 Å². The fraction of sp³-hybridized carbons (Fsp3) is 0.250. The second-order valence-corrected chi connectivity index (χ2v) is 7.21. The number of para-hydroxylation sites is 1. The van der Waals surface area contributed by atoms with Crippen molar-refractivity contribution in [3.05, 3.63) is 89.7 Å². The maximum atomic E-state index is 5.97. The van der Waals surface area contributed by atoms with E-state index in [0.717, 1.165) is 53.6 Å². The fourth-order valence-corrected chi connectivity index (χ4v) is 3.56. The molecule has 0 bridgehead atoms. The van der Waals surface area contributed by atoms with Crippen molar-refractivity contribution in [2.75, 3.05) is 13.6 Å². The van der Waals surface area contributed by atoms with E-state index in [1.54, 1.807) is 7.05 Å². The summed E-state index contributed by atoms with van der Waals surface area (Å²) in [5.74, 6) is 2.73. The molecule has 6 heteroatoms. The third kappa shape index (κ3) is 4.54. The zero-order valence-corrected chi connectivity index (χ0v) is 17.4. The molecule has 154 valence electrons. The van der Waals surface area contributed by atoms with Crippen LogP contribution in [0.1, 0.15) is 22.7 Å². The van der Waals surface area contributed by atoms with Gasteiger partial charge in [-0.3, -0.25) is 4.99 Å². The first-order valence-corrected chi connectivity index (χ1v) is 10.2. The Morgan fingerprint density at radius 2 is 1.87 bits per heavy atom. The number of nitrogens with zero attached hydrogens (tertiary/aromatic N) is 3. The molecule has 30 heavy (non-hydrogen) atoms. The third-order valence-electron chi connectivity index (χ3n) is 5.22. The van der Waals surface area contributed by atoms with Crippen LogP contribution in [0, 0.1) is 6.92 Å². The largest absolute Gasteiger partial charge is 0.459 e. The summed E-state index contributed by atoms with van der Waals surface area (Å²) < 4.78 is 8.16. The smallest absolute Gasteiger partial charge is 0.191 e. The minimum atomic E-state index is 0.586. The average molecular weight is 402 g/mol. The molecule has 6 nitrogen and oxygen atoms in total. The zero-order chi connectivity index (χ0) is 20.8. The van der Waals surface area contributed by atoms with Gasteiger partial charge in [0.25, 0.3) is 0 Å². The van der Waals surface area contributed by atoms with E-state index in [4.69, 9.17) is 4.42 Å². The highest BCUT2D eigenvalue weighted by molar-refractivity contribution is 5.82. The van der Waals surface area contributed by atoms with Crippen molar-refractivity contribution >= 4 is 16.9 Å². The Bertz CT molecular complexity index is 1130. The molecule has 2 aromatic heterocycles. The quantitative estimate of drug-likeness (QED) is 0.364. The number of nitrogens with one attached hydrogen (secondary N) is 2. The fourth-order valence-electron chi connectivity index (χ4n) is 3.56. The first kappa shape index (κ1) is 19.8. The van der Waals surface area contributed by atoms with Gasteiger partial charge in [-0.05, 0) is 18.6 Å². The number of aromatic nitrogens is 2. The minimum Gasteiger partial charge on any atom is -0.459 e. The van der Waals surface area contributed by atoms with Crippen LogP contribution in [-0.4, -0.2) is 29.1 Å². The molecule has 2 aromatic carbocycles. The van der Waals surface area contributed by atoms with Crippen LogP contribution >= 0.6 is 0 Å². The van der Waals surface area contributed by atoms with E-state index in [9.17, 15) is 0 Å². The number of aliphatic imine (C=N–C) groups is 1. The molecular formula is C24H27N5O. The number of aryl methyl sites for hydroxylation is 1. The van der Waals surface area contributed by atoms with Crippen LogP contribution in [0.3, 0.4) is 0 Å². The summed E-state index contributed by atoms with van der Waals surface area (Å²) in [6, 6.07) is 18.5. The van der Waals surface area contributed by atoms with E-state index in [0.29, 0.717) is 6.54 Å². The molecular weight excluding hydrogens is 374 g/mol. The number of hydrogen-bond donors (Lipinski definition) is 2. The van der Waals surface area contributed by atoms with Gasteiger partial charge in [0.1, 0.15) is 17.2 Å². The van der Waals surface area contributed by atoms with Gasteiger partial charge in [0.15, 0.2) is 5.96 Å². The predicted molar refractivity (Wildman–Crippen MR) is 121 cm³/mol. The number of benzene rings is 2. The summed E-state index contributed by atoms with van der Waals surface area (Å²) in [4.78, 5) is 8.83. The van der Waals surface area contributed by atoms with Gasteiger partial charge in [-0.15, -0.1) is 0 Å². The highest BCUT2D eigenvalue weighted by Gasteiger charge is 2.10. The van der Waals surface area contributed by atoms with Crippen LogP contribution in [0.2, 0.25) is 0 Å². The van der Waals surface area contributed by atoms with E-state index in [1.165, 1.54) is 5.56 Å². The van der Waals surface area contributed by atoms with Crippen LogP contribution < -0.4 is 10.6 Å². The lowest BCUT2D eigenvalue weighted by Crippen LogP contribution is -2.38. The van der Waals surface area contributed by atoms with Crippen molar-refractivity contribution in [2.45, 2.75) is 26.4 Å². The van der Waals surface area contributed by atoms with E-state index in [-0.39, 0.29) is 0 Å². The summed E-state index contributed by atoms with van der Waals surface area (Å²) in [7, 11) is 1.77. The van der Waals surface area contributed by atoms with Crippen molar-refractivity contribution in [2.24, 2.45) is 4.99 Å². The number of rotatable bonds is 7. The van der Waals surface area contributed by atoms with Crippen molar-refractivity contribution < 1.29 is 4.42 Å². The molecule has 0 saturated heterocycles. The van der Waals surface area contributed by atoms with Crippen LogP contribution in [0.5, 0.6) is 0 Å². The number of imidazole rings is 1. The maximum absolute atomic E-state index is 5.97. The monoisotopic (exact) mass is 401 g/mol. The Morgan fingerprint density at radius 1 is 1.07 bits per heavy atom. The predicted octanol–water partition coefficient (Wildman–Crippen LogP) is 3.89. The van der Waals surface area contributed by atoms with Gasteiger partial charge in [0, 0.05) is 49.9 Å². The van der Waals surface area contributed by atoms with Crippen LogP contribution in [0.15, 0.2) is 76.4 Å². The summed E-state index contributed by atoms with van der Waals surface area (Å²) >= 11 is 0. The molecule has 0 radical (unpaired) electrons. The van der Waals surface area contributed by atoms with E-state index in [1.807, 2.05) is 36.7 Å². The maximum Gasteiger partial charge on any atom is 0.191 e. The molecule has 0 aliphatic carbocycles. The molecule has 0 aliphatic heterocycles. The van der Waals surface area contributed by atoms with Crippen molar-refractivity contribution in [1.29, 1.82) is 0 Å². The Labute approximate surface area is 176 Å². The van der Waals surface area contributed by atoms with Crippen molar-refractivity contribution in [3.8, 4) is 0 Å². The number of fused-ring (bicyclic) bond motifs is 1. The first-order valence-electron chi connectivity index (χ1n) is 10.2. The van der Waals surface area contributed by atoms with E-state index < -0.39 is 0 Å². The molecule has 0 fully saturated rings. The van der Waals surface area contributed by atoms with Gasteiger partial charge < -0.3 is 19.6 Å². The molecule has 0 spiro atoms. The van der Waals surface area contributed by atoms with Gasteiger partial charge in [-0.1, -0.05) is 48.5 Å².